The lowest BCUT2D eigenvalue weighted by Crippen LogP contribution is -1.94. The van der Waals surface area contributed by atoms with Gasteiger partial charge in [0.05, 0.1) is 17.0 Å². The number of fused-ring (bicyclic) bond motifs is 1. The van der Waals surface area contributed by atoms with Crippen molar-refractivity contribution < 1.29 is 14.1 Å². The van der Waals surface area contributed by atoms with Crippen LogP contribution in [0.4, 0.5) is 10.1 Å². The van der Waals surface area contributed by atoms with E-state index in [1.54, 1.807) is 29.9 Å². The molecule has 118 valence electrons. The van der Waals surface area contributed by atoms with Crippen LogP contribution in [0.1, 0.15) is 5.56 Å². The van der Waals surface area contributed by atoms with Crippen LogP contribution in [-0.2, 0) is 18.4 Å². The quantitative estimate of drug-likeness (QED) is 0.546. The summed E-state index contributed by atoms with van der Waals surface area (Å²) < 4.78 is 20.4. The third-order valence-corrected chi connectivity index (χ3v) is 3.66. The maximum atomic E-state index is 13.8. The van der Waals surface area contributed by atoms with Crippen LogP contribution in [0.25, 0.3) is 22.2 Å². The first kappa shape index (κ1) is 15.1. The number of aryl methyl sites for hydroxylation is 1. The van der Waals surface area contributed by atoms with Crippen molar-refractivity contribution in [2.45, 2.75) is 6.61 Å². The van der Waals surface area contributed by atoms with Gasteiger partial charge >= 0.3 is 0 Å². The van der Waals surface area contributed by atoms with Gasteiger partial charge in [-0.2, -0.15) is 5.10 Å². The van der Waals surface area contributed by atoms with E-state index < -0.39 is 4.92 Å². The zero-order valence-electron chi connectivity index (χ0n) is 12.6. The van der Waals surface area contributed by atoms with Gasteiger partial charge in [0.2, 0.25) is 0 Å². The number of nitro groups is 1. The maximum absolute atomic E-state index is 13.8. The molecule has 0 aliphatic heterocycles. The van der Waals surface area contributed by atoms with Crippen molar-refractivity contribution in [3.05, 3.63) is 57.9 Å². The zero-order chi connectivity index (χ0) is 16.6. The van der Waals surface area contributed by atoms with E-state index in [-0.39, 0.29) is 18.1 Å². The highest BCUT2D eigenvalue weighted by atomic mass is 19.1. The molecule has 2 aromatic carbocycles. The molecule has 0 aliphatic carbocycles. The molecule has 3 rings (SSSR count). The number of benzene rings is 2. The first-order valence-corrected chi connectivity index (χ1v) is 6.90. The summed E-state index contributed by atoms with van der Waals surface area (Å²) in [5, 5.41) is 16.1. The van der Waals surface area contributed by atoms with Gasteiger partial charge in [-0.3, -0.25) is 14.8 Å². The summed E-state index contributed by atoms with van der Waals surface area (Å²) in [7, 11) is 3.25. The highest BCUT2D eigenvalue weighted by Gasteiger charge is 2.16. The summed E-state index contributed by atoms with van der Waals surface area (Å²) in [5.41, 5.74) is 2.43. The second kappa shape index (κ2) is 5.77. The van der Waals surface area contributed by atoms with Gasteiger partial charge in [0.1, 0.15) is 11.5 Å². The molecule has 0 saturated heterocycles. The van der Waals surface area contributed by atoms with Gasteiger partial charge in [0, 0.05) is 42.8 Å². The minimum Gasteiger partial charge on any atom is -0.380 e. The second-order valence-electron chi connectivity index (χ2n) is 5.17. The summed E-state index contributed by atoms with van der Waals surface area (Å²) in [4.78, 5) is 10.5. The summed E-state index contributed by atoms with van der Waals surface area (Å²) in [5.74, 6) is -0.359. The van der Waals surface area contributed by atoms with Crippen molar-refractivity contribution in [2.24, 2.45) is 7.05 Å². The molecule has 0 radical (unpaired) electrons. The average Bonchev–Trinajstić information content (AvgIpc) is 2.86. The molecule has 0 N–H and O–H groups in total. The Balaban J connectivity index is 2.21. The highest BCUT2D eigenvalue weighted by Crippen LogP contribution is 2.31. The van der Waals surface area contributed by atoms with E-state index in [2.05, 4.69) is 5.10 Å². The molecular weight excluding hydrogens is 301 g/mol. The smallest absolute Gasteiger partial charge is 0.270 e. The van der Waals surface area contributed by atoms with E-state index in [9.17, 15) is 14.5 Å². The van der Waals surface area contributed by atoms with Gasteiger partial charge in [0.25, 0.3) is 5.69 Å². The third kappa shape index (κ3) is 2.66. The number of hydrogen-bond acceptors (Lipinski definition) is 4. The number of nitrogens with zero attached hydrogens (tertiary/aromatic N) is 3. The van der Waals surface area contributed by atoms with Crippen LogP contribution in [0.2, 0.25) is 0 Å². The molecule has 6 nitrogen and oxygen atoms in total. The molecule has 0 amide bonds. The van der Waals surface area contributed by atoms with Gasteiger partial charge in [-0.15, -0.1) is 0 Å². The molecule has 1 aromatic heterocycles. The second-order valence-corrected chi connectivity index (χ2v) is 5.17. The van der Waals surface area contributed by atoms with E-state index >= 15 is 0 Å². The number of ether oxygens (including phenoxy) is 1. The molecule has 0 spiro atoms. The van der Waals surface area contributed by atoms with E-state index in [4.69, 9.17) is 4.74 Å². The molecule has 23 heavy (non-hydrogen) atoms. The largest absolute Gasteiger partial charge is 0.380 e. The topological polar surface area (TPSA) is 70.2 Å². The minimum atomic E-state index is -0.447. The van der Waals surface area contributed by atoms with Crippen molar-refractivity contribution in [3.63, 3.8) is 0 Å². The Morgan fingerprint density at radius 3 is 2.78 bits per heavy atom. The number of methoxy groups -OCH3 is 1. The van der Waals surface area contributed by atoms with E-state index in [1.807, 2.05) is 0 Å². The standard InChI is InChI=1S/C16H14FN3O3/c1-19-15-6-4-12(20(21)22)8-13(15)16(18-19)10-3-5-14(17)11(7-10)9-23-2/h3-8H,9H2,1-2H3. The van der Waals surface area contributed by atoms with Crippen LogP contribution in [0.5, 0.6) is 0 Å². The molecule has 0 atom stereocenters. The number of nitro benzene ring substituents is 1. The lowest BCUT2D eigenvalue weighted by molar-refractivity contribution is -0.384. The van der Waals surface area contributed by atoms with Crippen molar-refractivity contribution in [1.82, 2.24) is 9.78 Å². The fraction of sp³-hybridized carbons (Fsp3) is 0.188. The molecule has 0 aliphatic rings. The van der Waals surface area contributed by atoms with Crippen LogP contribution >= 0.6 is 0 Å². The number of halogens is 1. The molecule has 1 heterocycles. The number of aromatic nitrogens is 2. The lowest BCUT2D eigenvalue weighted by Gasteiger charge is -2.05. The number of hydrogen-bond donors (Lipinski definition) is 0. The lowest BCUT2D eigenvalue weighted by atomic mass is 10.0. The van der Waals surface area contributed by atoms with Crippen molar-refractivity contribution >= 4 is 16.6 Å². The van der Waals surface area contributed by atoms with Gasteiger partial charge in [-0.05, 0) is 24.3 Å². The van der Waals surface area contributed by atoms with Gasteiger partial charge in [-0.25, -0.2) is 4.39 Å². The Morgan fingerprint density at radius 2 is 2.09 bits per heavy atom. The molecule has 3 aromatic rings. The molecule has 7 heteroatoms. The van der Waals surface area contributed by atoms with Crippen LogP contribution in [-0.4, -0.2) is 21.8 Å². The first-order chi connectivity index (χ1) is 11.0. The molecule has 0 saturated carbocycles. The number of rotatable bonds is 4. The Kier molecular flexibility index (Phi) is 3.79. The predicted molar refractivity (Wildman–Crippen MR) is 83.5 cm³/mol. The van der Waals surface area contributed by atoms with Crippen molar-refractivity contribution in [1.29, 1.82) is 0 Å². The monoisotopic (exact) mass is 315 g/mol. The van der Waals surface area contributed by atoms with Crippen molar-refractivity contribution in [2.75, 3.05) is 7.11 Å². The van der Waals surface area contributed by atoms with Gasteiger partial charge in [-0.1, -0.05) is 0 Å². The summed E-state index contributed by atoms with van der Waals surface area (Å²) in [6, 6.07) is 9.19. The van der Waals surface area contributed by atoms with E-state index in [1.165, 1.54) is 25.3 Å². The zero-order valence-corrected chi connectivity index (χ0v) is 12.6. The SMILES string of the molecule is COCc1cc(-c2nn(C)c3ccc([N+](=O)[O-])cc23)ccc1F. The van der Waals surface area contributed by atoms with Crippen LogP contribution in [0.15, 0.2) is 36.4 Å². The fourth-order valence-electron chi connectivity index (χ4n) is 2.57. The Labute approximate surface area is 131 Å². The number of non-ortho nitro benzene ring substituents is 1. The molecule has 0 fully saturated rings. The Hall–Kier alpha value is -2.80. The van der Waals surface area contributed by atoms with Crippen LogP contribution < -0.4 is 0 Å². The predicted octanol–water partition coefficient (Wildman–Crippen LogP) is 3.43. The normalized spacial score (nSPS) is 11.1. The van der Waals surface area contributed by atoms with Crippen molar-refractivity contribution in [3.8, 4) is 11.3 Å². The maximum Gasteiger partial charge on any atom is 0.270 e. The Morgan fingerprint density at radius 1 is 1.30 bits per heavy atom. The minimum absolute atomic E-state index is 0.00835. The van der Waals surface area contributed by atoms with Crippen LogP contribution in [0, 0.1) is 15.9 Å². The highest BCUT2D eigenvalue weighted by molar-refractivity contribution is 5.94. The fourth-order valence-corrected chi connectivity index (χ4v) is 2.57. The summed E-state index contributed by atoms with van der Waals surface area (Å²) in [6.45, 7) is 0.143. The summed E-state index contributed by atoms with van der Waals surface area (Å²) >= 11 is 0. The van der Waals surface area contributed by atoms with E-state index in [0.717, 1.165) is 5.52 Å². The molecule has 0 bridgehead atoms. The van der Waals surface area contributed by atoms with E-state index in [0.29, 0.717) is 22.2 Å². The van der Waals surface area contributed by atoms with Gasteiger partial charge in [0.15, 0.2) is 0 Å². The average molecular weight is 315 g/mol. The van der Waals surface area contributed by atoms with Crippen LogP contribution in [0.3, 0.4) is 0 Å². The molecular formula is C16H14FN3O3. The Bertz CT molecular complexity index is 905. The third-order valence-electron chi connectivity index (χ3n) is 3.66. The summed E-state index contributed by atoms with van der Waals surface area (Å²) in [6.07, 6.45) is 0. The first-order valence-electron chi connectivity index (χ1n) is 6.90. The van der Waals surface area contributed by atoms with Gasteiger partial charge < -0.3 is 4.74 Å². The molecule has 0 unspecified atom stereocenters.